The van der Waals surface area contributed by atoms with Gasteiger partial charge in [0.1, 0.15) is 5.82 Å². The van der Waals surface area contributed by atoms with Crippen molar-refractivity contribution in [2.45, 2.75) is 13.5 Å². The zero-order valence-corrected chi connectivity index (χ0v) is 8.88. The molecule has 14 heavy (non-hydrogen) atoms. The first kappa shape index (κ1) is 9.14. The van der Waals surface area contributed by atoms with Crippen LogP contribution in [0.5, 0.6) is 0 Å². The summed E-state index contributed by atoms with van der Waals surface area (Å²) in [5.41, 5.74) is 1.14. The van der Waals surface area contributed by atoms with Gasteiger partial charge in [-0.15, -0.1) is 0 Å². The summed E-state index contributed by atoms with van der Waals surface area (Å²) in [5.74, 6) is 0.809. The van der Waals surface area contributed by atoms with Crippen LogP contribution in [0.15, 0.2) is 12.4 Å². The largest absolute Gasteiger partial charge is 0.356 e. The van der Waals surface area contributed by atoms with Crippen LogP contribution < -0.4 is 5.32 Å². The molecule has 0 aliphatic carbocycles. The van der Waals surface area contributed by atoms with Gasteiger partial charge < -0.3 is 5.32 Å². The Labute approximate surface area is 86.0 Å². The highest BCUT2D eigenvalue weighted by molar-refractivity contribution is 7.09. The lowest BCUT2D eigenvalue weighted by Gasteiger charge is -1.97. The summed E-state index contributed by atoms with van der Waals surface area (Å²) in [6.07, 6.45) is 3.81. The molecule has 0 aromatic carbocycles. The number of rotatable bonds is 3. The van der Waals surface area contributed by atoms with Crippen LogP contribution in [-0.2, 0) is 13.6 Å². The first-order chi connectivity index (χ1) is 6.74. The van der Waals surface area contributed by atoms with Crippen molar-refractivity contribution < 1.29 is 0 Å². The molecule has 0 fully saturated rings. The molecule has 0 saturated carbocycles. The smallest absolute Gasteiger partial charge is 0.202 e. The standard InChI is InChI=1S/C8H11N5S/c1-6-11-8(14-12-6)9-3-7-4-10-13(2)5-7/h4-5H,3H2,1-2H3,(H,9,11,12). The lowest BCUT2D eigenvalue weighted by atomic mass is 10.4. The topological polar surface area (TPSA) is 55.6 Å². The first-order valence-electron chi connectivity index (χ1n) is 4.26. The van der Waals surface area contributed by atoms with Crippen molar-refractivity contribution in [2.75, 3.05) is 5.32 Å². The Morgan fingerprint density at radius 2 is 2.43 bits per heavy atom. The maximum atomic E-state index is 4.20. The summed E-state index contributed by atoms with van der Waals surface area (Å²) in [6, 6.07) is 0. The fraction of sp³-hybridized carbons (Fsp3) is 0.375. The Hall–Kier alpha value is -1.43. The molecule has 0 amide bonds. The second kappa shape index (κ2) is 3.75. The van der Waals surface area contributed by atoms with E-state index in [2.05, 4.69) is 19.8 Å². The molecule has 1 N–H and O–H groups in total. The monoisotopic (exact) mass is 209 g/mol. The Kier molecular flexibility index (Phi) is 2.45. The normalized spacial score (nSPS) is 10.4. The number of nitrogens with zero attached hydrogens (tertiary/aromatic N) is 4. The second-order valence-electron chi connectivity index (χ2n) is 3.02. The van der Waals surface area contributed by atoms with Gasteiger partial charge in [0.25, 0.3) is 0 Å². The molecular weight excluding hydrogens is 198 g/mol. The third-order valence-electron chi connectivity index (χ3n) is 1.73. The fourth-order valence-electron chi connectivity index (χ4n) is 1.11. The molecular formula is C8H11N5S. The molecule has 0 aliphatic heterocycles. The average Bonchev–Trinajstić information content (AvgIpc) is 2.72. The Morgan fingerprint density at radius 3 is 3.00 bits per heavy atom. The Balaban J connectivity index is 1.94. The molecule has 0 aliphatic rings. The van der Waals surface area contributed by atoms with Crippen molar-refractivity contribution in [1.29, 1.82) is 0 Å². The van der Waals surface area contributed by atoms with Gasteiger partial charge in [-0.2, -0.15) is 9.47 Å². The van der Waals surface area contributed by atoms with Crippen molar-refractivity contribution in [3.63, 3.8) is 0 Å². The zero-order chi connectivity index (χ0) is 9.97. The van der Waals surface area contributed by atoms with Crippen LogP contribution in [0.25, 0.3) is 0 Å². The molecule has 2 aromatic rings. The van der Waals surface area contributed by atoms with Crippen molar-refractivity contribution >= 4 is 16.7 Å². The van der Waals surface area contributed by atoms with E-state index in [1.807, 2.05) is 26.4 Å². The highest BCUT2D eigenvalue weighted by atomic mass is 32.1. The van der Waals surface area contributed by atoms with E-state index in [0.717, 1.165) is 23.1 Å². The van der Waals surface area contributed by atoms with Crippen molar-refractivity contribution in [2.24, 2.45) is 7.05 Å². The summed E-state index contributed by atoms with van der Waals surface area (Å²) < 4.78 is 5.86. The average molecular weight is 209 g/mol. The molecule has 0 atom stereocenters. The van der Waals surface area contributed by atoms with E-state index >= 15 is 0 Å². The predicted molar refractivity (Wildman–Crippen MR) is 55.2 cm³/mol. The fourth-order valence-corrected chi connectivity index (χ4v) is 1.68. The minimum absolute atomic E-state index is 0.739. The minimum Gasteiger partial charge on any atom is -0.356 e. The molecule has 6 heteroatoms. The molecule has 0 radical (unpaired) electrons. The van der Waals surface area contributed by atoms with Gasteiger partial charge in [0, 0.05) is 36.9 Å². The van der Waals surface area contributed by atoms with Crippen molar-refractivity contribution in [1.82, 2.24) is 19.1 Å². The third-order valence-corrected chi connectivity index (χ3v) is 2.49. The van der Waals surface area contributed by atoms with E-state index in [1.54, 1.807) is 4.68 Å². The van der Waals surface area contributed by atoms with Crippen LogP contribution >= 0.6 is 11.5 Å². The maximum Gasteiger partial charge on any atom is 0.202 e. The highest BCUT2D eigenvalue weighted by Crippen LogP contribution is 2.11. The Morgan fingerprint density at radius 1 is 1.57 bits per heavy atom. The SMILES string of the molecule is Cc1nsc(NCc2cnn(C)c2)n1. The van der Waals surface area contributed by atoms with Gasteiger partial charge in [-0.05, 0) is 6.92 Å². The van der Waals surface area contributed by atoms with Crippen LogP contribution in [0.4, 0.5) is 5.13 Å². The molecule has 2 heterocycles. The number of anilines is 1. The minimum atomic E-state index is 0.739. The Bertz CT molecular complexity index is 379. The molecule has 0 bridgehead atoms. The number of hydrogen-bond donors (Lipinski definition) is 1. The summed E-state index contributed by atoms with van der Waals surface area (Å²) in [7, 11) is 1.90. The molecule has 2 rings (SSSR count). The quantitative estimate of drug-likeness (QED) is 0.825. The van der Waals surface area contributed by atoms with Crippen molar-refractivity contribution in [3.05, 3.63) is 23.8 Å². The van der Waals surface area contributed by atoms with Gasteiger partial charge in [-0.1, -0.05) is 0 Å². The zero-order valence-electron chi connectivity index (χ0n) is 8.06. The number of aryl methyl sites for hydroxylation is 2. The van der Waals surface area contributed by atoms with Gasteiger partial charge in [0.15, 0.2) is 0 Å². The van der Waals surface area contributed by atoms with Gasteiger partial charge in [-0.25, -0.2) is 4.98 Å². The molecule has 0 spiro atoms. The van der Waals surface area contributed by atoms with Crippen LogP contribution in [0.1, 0.15) is 11.4 Å². The number of nitrogens with one attached hydrogen (secondary N) is 1. The van der Waals surface area contributed by atoms with Crippen LogP contribution in [0, 0.1) is 6.92 Å². The summed E-state index contributed by atoms with van der Waals surface area (Å²) in [5, 5.41) is 8.12. The number of aromatic nitrogens is 4. The van der Waals surface area contributed by atoms with E-state index in [0.29, 0.717) is 0 Å². The summed E-state index contributed by atoms with van der Waals surface area (Å²) >= 11 is 1.38. The van der Waals surface area contributed by atoms with Gasteiger partial charge in [0.05, 0.1) is 6.20 Å². The van der Waals surface area contributed by atoms with E-state index in [-0.39, 0.29) is 0 Å². The number of hydrogen-bond acceptors (Lipinski definition) is 5. The van der Waals surface area contributed by atoms with Crippen LogP contribution in [-0.4, -0.2) is 19.1 Å². The van der Waals surface area contributed by atoms with E-state index in [9.17, 15) is 0 Å². The predicted octanol–water partition coefficient (Wildman–Crippen LogP) is 1.19. The summed E-state index contributed by atoms with van der Waals surface area (Å²) in [6.45, 7) is 2.62. The molecule has 0 saturated heterocycles. The van der Waals surface area contributed by atoms with Crippen LogP contribution in [0.2, 0.25) is 0 Å². The maximum absolute atomic E-state index is 4.20. The molecule has 2 aromatic heterocycles. The van der Waals surface area contributed by atoms with Gasteiger partial charge in [-0.3, -0.25) is 4.68 Å². The lowest BCUT2D eigenvalue weighted by Crippen LogP contribution is -1.97. The van der Waals surface area contributed by atoms with Gasteiger partial charge >= 0.3 is 0 Å². The molecule has 5 nitrogen and oxygen atoms in total. The van der Waals surface area contributed by atoms with E-state index in [1.165, 1.54) is 11.5 Å². The van der Waals surface area contributed by atoms with Crippen molar-refractivity contribution in [3.8, 4) is 0 Å². The van der Waals surface area contributed by atoms with Crippen LogP contribution in [0.3, 0.4) is 0 Å². The molecule has 0 unspecified atom stereocenters. The van der Waals surface area contributed by atoms with E-state index < -0.39 is 0 Å². The third kappa shape index (κ3) is 2.08. The second-order valence-corrected chi connectivity index (χ2v) is 3.77. The van der Waals surface area contributed by atoms with E-state index in [4.69, 9.17) is 0 Å². The van der Waals surface area contributed by atoms with Gasteiger partial charge in [0.2, 0.25) is 5.13 Å². The first-order valence-corrected chi connectivity index (χ1v) is 5.03. The molecule has 74 valence electrons. The lowest BCUT2D eigenvalue weighted by molar-refractivity contribution is 0.767. The summed E-state index contributed by atoms with van der Waals surface area (Å²) in [4.78, 5) is 4.20. The highest BCUT2D eigenvalue weighted by Gasteiger charge is 2.00.